The first kappa shape index (κ1) is 18.6. The third-order valence-corrected chi connectivity index (χ3v) is 6.14. The molecule has 2 saturated heterocycles. The molecule has 1 aliphatic carbocycles. The van der Waals surface area contributed by atoms with E-state index in [0.717, 1.165) is 39.1 Å². The maximum Gasteiger partial charge on any atom is 0.224 e. The first-order chi connectivity index (χ1) is 12.0. The molecule has 0 bridgehead atoms. The van der Waals surface area contributed by atoms with Crippen molar-refractivity contribution in [3.63, 3.8) is 0 Å². The lowest BCUT2D eigenvalue weighted by atomic mass is 9.94. The predicted octanol–water partition coefficient (Wildman–Crippen LogP) is 1.39. The molecule has 1 atom stereocenters. The summed E-state index contributed by atoms with van der Waals surface area (Å²) in [6, 6.07) is 0.368. The topological polar surface area (TPSA) is 61.9 Å². The Hall–Kier alpha value is -1.14. The second-order valence-electron chi connectivity index (χ2n) is 8.35. The number of amides is 2. The second kappa shape index (κ2) is 8.04. The van der Waals surface area contributed by atoms with Gasteiger partial charge in [-0.25, -0.2) is 0 Å². The molecular formula is C19H33N3O3. The number of carbonyl (C=O) groups excluding carboxylic acids is 2. The fourth-order valence-corrected chi connectivity index (χ4v) is 4.38. The Labute approximate surface area is 151 Å². The van der Waals surface area contributed by atoms with E-state index in [1.54, 1.807) is 0 Å². The highest BCUT2D eigenvalue weighted by Gasteiger charge is 2.36. The normalized spacial score (nSPS) is 26.9. The Balaban J connectivity index is 1.51. The molecule has 2 amide bonds. The molecule has 0 aromatic rings. The fraction of sp³-hybridized carbons (Fsp3) is 0.895. The zero-order chi connectivity index (χ0) is 17.9. The van der Waals surface area contributed by atoms with Crippen molar-refractivity contribution < 1.29 is 14.3 Å². The number of nitrogens with one attached hydrogen (secondary N) is 1. The summed E-state index contributed by atoms with van der Waals surface area (Å²) in [5, 5.41) is 3.16. The molecule has 3 fully saturated rings. The average Bonchev–Trinajstić information content (AvgIpc) is 3.15. The van der Waals surface area contributed by atoms with Crippen LogP contribution in [0.1, 0.15) is 52.4 Å². The fourth-order valence-electron chi connectivity index (χ4n) is 4.38. The zero-order valence-electron chi connectivity index (χ0n) is 15.8. The highest BCUT2D eigenvalue weighted by Crippen LogP contribution is 2.28. The number of morpholine rings is 1. The Morgan fingerprint density at radius 1 is 1.20 bits per heavy atom. The van der Waals surface area contributed by atoms with Crippen molar-refractivity contribution in [2.75, 3.05) is 39.4 Å². The van der Waals surface area contributed by atoms with Gasteiger partial charge >= 0.3 is 0 Å². The molecule has 1 unspecified atom stereocenters. The smallest absolute Gasteiger partial charge is 0.224 e. The van der Waals surface area contributed by atoms with E-state index in [1.165, 1.54) is 12.8 Å². The standard InChI is InChI=1S/C19H33N3O3/c1-19(2,21-9-11-25-12-10-21)14-20-18(24)15-7-8-17(23)22(13-15)16-5-3-4-6-16/h15-16H,3-14H2,1-2H3,(H,20,24). The Morgan fingerprint density at radius 3 is 2.56 bits per heavy atom. The van der Waals surface area contributed by atoms with Gasteiger partial charge in [-0.15, -0.1) is 0 Å². The molecule has 0 radical (unpaired) electrons. The SMILES string of the molecule is CC(C)(CNC(=O)C1CCC(=O)N(C2CCCC2)C1)N1CCOCC1. The Kier molecular flexibility index (Phi) is 6.00. The number of rotatable bonds is 5. The number of hydrogen-bond donors (Lipinski definition) is 1. The maximum atomic E-state index is 12.7. The van der Waals surface area contributed by atoms with Crippen LogP contribution in [0.5, 0.6) is 0 Å². The van der Waals surface area contributed by atoms with Gasteiger partial charge in [0.1, 0.15) is 0 Å². The lowest BCUT2D eigenvalue weighted by Gasteiger charge is -2.41. The number of carbonyl (C=O) groups is 2. The molecule has 3 aliphatic rings. The number of nitrogens with zero attached hydrogens (tertiary/aromatic N) is 2. The van der Waals surface area contributed by atoms with Gasteiger partial charge in [0.2, 0.25) is 11.8 Å². The highest BCUT2D eigenvalue weighted by atomic mass is 16.5. The molecule has 1 saturated carbocycles. The van der Waals surface area contributed by atoms with E-state index in [-0.39, 0.29) is 23.3 Å². The van der Waals surface area contributed by atoms with Crippen LogP contribution in [0.15, 0.2) is 0 Å². The van der Waals surface area contributed by atoms with Crippen LogP contribution in [-0.4, -0.2) is 72.6 Å². The summed E-state index contributed by atoms with van der Waals surface area (Å²) < 4.78 is 5.42. The van der Waals surface area contributed by atoms with Crippen LogP contribution in [0, 0.1) is 5.92 Å². The predicted molar refractivity (Wildman–Crippen MR) is 96.2 cm³/mol. The summed E-state index contributed by atoms with van der Waals surface area (Å²) in [5.41, 5.74) is -0.0743. The van der Waals surface area contributed by atoms with Crippen molar-refractivity contribution in [1.29, 1.82) is 0 Å². The van der Waals surface area contributed by atoms with Crippen LogP contribution in [-0.2, 0) is 14.3 Å². The Morgan fingerprint density at radius 2 is 1.88 bits per heavy atom. The number of hydrogen-bond acceptors (Lipinski definition) is 4. The molecule has 2 heterocycles. The minimum atomic E-state index is -0.0743. The molecule has 6 heteroatoms. The molecular weight excluding hydrogens is 318 g/mol. The first-order valence-electron chi connectivity index (χ1n) is 9.87. The summed E-state index contributed by atoms with van der Waals surface area (Å²) in [5.74, 6) is 0.292. The van der Waals surface area contributed by atoms with E-state index < -0.39 is 0 Å². The van der Waals surface area contributed by atoms with Gasteiger partial charge in [-0.2, -0.15) is 0 Å². The summed E-state index contributed by atoms with van der Waals surface area (Å²) in [6.45, 7) is 8.94. The molecule has 142 valence electrons. The zero-order valence-corrected chi connectivity index (χ0v) is 15.8. The van der Waals surface area contributed by atoms with Crippen molar-refractivity contribution in [3.8, 4) is 0 Å². The van der Waals surface area contributed by atoms with Gasteiger partial charge in [-0.05, 0) is 33.1 Å². The molecule has 25 heavy (non-hydrogen) atoms. The molecule has 1 N–H and O–H groups in total. The molecule has 6 nitrogen and oxygen atoms in total. The van der Waals surface area contributed by atoms with Crippen molar-refractivity contribution in [1.82, 2.24) is 15.1 Å². The maximum absolute atomic E-state index is 12.7. The van der Waals surface area contributed by atoms with Crippen molar-refractivity contribution >= 4 is 11.8 Å². The van der Waals surface area contributed by atoms with E-state index >= 15 is 0 Å². The van der Waals surface area contributed by atoms with Crippen molar-refractivity contribution in [2.45, 2.75) is 64.0 Å². The van der Waals surface area contributed by atoms with Crippen molar-refractivity contribution in [3.05, 3.63) is 0 Å². The van der Waals surface area contributed by atoms with E-state index in [9.17, 15) is 9.59 Å². The van der Waals surface area contributed by atoms with Gasteiger partial charge in [0, 0.05) is 44.2 Å². The van der Waals surface area contributed by atoms with Crippen molar-refractivity contribution in [2.24, 2.45) is 5.92 Å². The summed E-state index contributed by atoms with van der Waals surface area (Å²) >= 11 is 0. The molecule has 0 spiro atoms. The summed E-state index contributed by atoms with van der Waals surface area (Å²) in [7, 11) is 0. The second-order valence-corrected chi connectivity index (χ2v) is 8.35. The molecule has 0 aromatic heterocycles. The van der Waals surface area contributed by atoms with Crippen LogP contribution in [0.3, 0.4) is 0 Å². The lowest BCUT2D eigenvalue weighted by molar-refractivity contribution is -0.140. The quantitative estimate of drug-likeness (QED) is 0.813. The van der Waals surface area contributed by atoms with Gasteiger partial charge < -0.3 is 15.0 Å². The number of piperidine rings is 1. The monoisotopic (exact) mass is 351 g/mol. The van der Waals surface area contributed by atoms with E-state index in [1.807, 2.05) is 4.90 Å². The summed E-state index contributed by atoms with van der Waals surface area (Å²) in [4.78, 5) is 29.3. The van der Waals surface area contributed by atoms with Gasteiger partial charge in [0.15, 0.2) is 0 Å². The first-order valence-corrected chi connectivity index (χ1v) is 9.87. The third-order valence-electron chi connectivity index (χ3n) is 6.14. The molecule has 3 rings (SSSR count). The third kappa shape index (κ3) is 4.53. The van der Waals surface area contributed by atoms with Crippen LogP contribution >= 0.6 is 0 Å². The van der Waals surface area contributed by atoms with E-state index in [4.69, 9.17) is 4.74 Å². The van der Waals surface area contributed by atoms with Gasteiger partial charge in [0.25, 0.3) is 0 Å². The van der Waals surface area contributed by atoms with Crippen LogP contribution in [0.25, 0.3) is 0 Å². The number of likely N-dealkylation sites (tertiary alicyclic amines) is 1. The average molecular weight is 351 g/mol. The molecule has 0 aromatic carbocycles. The van der Waals surface area contributed by atoms with Crippen LogP contribution in [0.4, 0.5) is 0 Å². The van der Waals surface area contributed by atoms with Crippen LogP contribution in [0.2, 0.25) is 0 Å². The largest absolute Gasteiger partial charge is 0.379 e. The Bertz CT molecular complexity index is 482. The lowest BCUT2D eigenvalue weighted by Crippen LogP contribution is -2.56. The van der Waals surface area contributed by atoms with Gasteiger partial charge in [0.05, 0.1) is 19.1 Å². The van der Waals surface area contributed by atoms with Gasteiger partial charge in [-0.3, -0.25) is 14.5 Å². The molecule has 2 aliphatic heterocycles. The van der Waals surface area contributed by atoms with Gasteiger partial charge in [-0.1, -0.05) is 12.8 Å². The summed E-state index contributed by atoms with van der Waals surface area (Å²) in [6.07, 6.45) is 5.82. The minimum absolute atomic E-state index is 0.0567. The van der Waals surface area contributed by atoms with E-state index in [2.05, 4.69) is 24.1 Å². The highest BCUT2D eigenvalue weighted by molar-refractivity contribution is 5.84. The van der Waals surface area contributed by atoms with E-state index in [0.29, 0.717) is 32.0 Å². The van der Waals surface area contributed by atoms with Crippen LogP contribution < -0.4 is 5.32 Å². The number of ether oxygens (including phenoxy) is 1. The minimum Gasteiger partial charge on any atom is -0.379 e.